The third-order valence-corrected chi connectivity index (χ3v) is 4.25. The smallest absolute Gasteiger partial charge is 0.144 e. The molecule has 5 nitrogen and oxygen atoms in total. The third-order valence-electron chi connectivity index (χ3n) is 3.24. The molecular weight excluding hydrogens is 298 g/mol. The van der Waals surface area contributed by atoms with Gasteiger partial charge in [0.25, 0.3) is 0 Å². The van der Waals surface area contributed by atoms with Gasteiger partial charge in [-0.3, -0.25) is 0 Å². The highest BCUT2D eigenvalue weighted by atomic mass is 32.1. The largest absolute Gasteiger partial charge is 0.497 e. The Morgan fingerprint density at radius 1 is 1.05 bits per heavy atom. The van der Waals surface area contributed by atoms with E-state index in [1.807, 2.05) is 35.7 Å². The number of nitrogens with two attached hydrogens (primary N) is 1. The minimum Gasteiger partial charge on any atom is -0.497 e. The number of benzene rings is 1. The molecule has 0 amide bonds. The van der Waals surface area contributed by atoms with Crippen molar-refractivity contribution in [3.8, 4) is 11.5 Å². The summed E-state index contributed by atoms with van der Waals surface area (Å²) in [6.07, 6.45) is 5.47. The molecule has 0 spiro atoms. The van der Waals surface area contributed by atoms with E-state index in [1.165, 1.54) is 6.33 Å². The summed E-state index contributed by atoms with van der Waals surface area (Å²) in [5.41, 5.74) is 8.71. The molecule has 0 radical (unpaired) electrons. The van der Waals surface area contributed by atoms with Gasteiger partial charge >= 0.3 is 0 Å². The fourth-order valence-corrected chi connectivity index (χ4v) is 3.01. The molecule has 22 heavy (non-hydrogen) atoms. The molecule has 2 heterocycles. The van der Waals surface area contributed by atoms with Gasteiger partial charge in [-0.05, 0) is 17.7 Å². The Kier molecular flexibility index (Phi) is 3.93. The molecule has 3 aromatic rings. The Bertz CT molecular complexity index is 820. The van der Waals surface area contributed by atoms with Gasteiger partial charge in [-0.25, -0.2) is 9.97 Å². The third kappa shape index (κ3) is 2.73. The summed E-state index contributed by atoms with van der Waals surface area (Å²) in [6.45, 7) is 0. The van der Waals surface area contributed by atoms with Crippen LogP contribution in [0.4, 0.5) is 5.82 Å². The van der Waals surface area contributed by atoms with Crippen LogP contribution in [0.15, 0.2) is 29.9 Å². The number of thiophene rings is 1. The first-order valence-electron chi connectivity index (χ1n) is 6.60. The van der Waals surface area contributed by atoms with Crippen LogP contribution in [0.3, 0.4) is 0 Å². The minimum atomic E-state index is 0.512. The molecule has 1 aromatic carbocycles. The number of ether oxygens (including phenoxy) is 2. The van der Waals surface area contributed by atoms with Crippen LogP contribution in [-0.4, -0.2) is 24.2 Å². The van der Waals surface area contributed by atoms with Gasteiger partial charge < -0.3 is 15.2 Å². The van der Waals surface area contributed by atoms with Crippen LogP contribution in [0.5, 0.6) is 11.5 Å². The Balaban J connectivity index is 1.98. The lowest BCUT2D eigenvalue weighted by Crippen LogP contribution is -1.90. The van der Waals surface area contributed by atoms with Crippen LogP contribution >= 0.6 is 11.3 Å². The fraction of sp³-hybridized carbons (Fsp3) is 0.125. The van der Waals surface area contributed by atoms with Gasteiger partial charge in [-0.15, -0.1) is 11.3 Å². The summed E-state index contributed by atoms with van der Waals surface area (Å²) in [6, 6.07) is 5.72. The normalized spacial score (nSPS) is 11.2. The Morgan fingerprint density at radius 3 is 2.45 bits per heavy atom. The van der Waals surface area contributed by atoms with Gasteiger partial charge in [0.1, 0.15) is 23.6 Å². The second-order valence-corrected chi connectivity index (χ2v) is 5.49. The fourth-order valence-electron chi connectivity index (χ4n) is 2.12. The molecule has 0 unspecified atom stereocenters. The standard InChI is InChI=1S/C16H15N3O2S/c1-20-12-5-10(6-13(7-12)21-2)3-4-11-8-22-15-14(11)18-9-19-16(15)17/h3-9H,1-2H3,(H2,17,18,19). The van der Waals surface area contributed by atoms with Crippen LogP contribution in [0.1, 0.15) is 11.1 Å². The summed E-state index contributed by atoms with van der Waals surface area (Å²) in [4.78, 5) is 8.30. The van der Waals surface area contributed by atoms with Gasteiger partial charge in [0.05, 0.1) is 24.4 Å². The maximum atomic E-state index is 5.85. The van der Waals surface area contributed by atoms with Gasteiger partial charge in [-0.1, -0.05) is 12.2 Å². The molecular formula is C16H15N3O2S. The van der Waals surface area contributed by atoms with Crippen molar-refractivity contribution in [3.63, 3.8) is 0 Å². The van der Waals surface area contributed by atoms with Crippen molar-refractivity contribution in [1.82, 2.24) is 9.97 Å². The molecule has 0 saturated carbocycles. The molecule has 0 atom stereocenters. The van der Waals surface area contributed by atoms with E-state index in [1.54, 1.807) is 25.6 Å². The summed E-state index contributed by atoms with van der Waals surface area (Å²) in [5.74, 6) is 2.01. The predicted octanol–water partition coefficient (Wildman–Crippen LogP) is 3.46. The molecule has 2 N–H and O–H groups in total. The van der Waals surface area contributed by atoms with Gasteiger partial charge in [0.15, 0.2) is 0 Å². The molecule has 112 valence electrons. The molecule has 0 aliphatic carbocycles. The first-order chi connectivity index (χ1) is 10.7. The van der Waals surface area contributed by atoms with Crippen molar-refractivity contribution in [3.05, 3.63) is 41.0 Å². The lowest BCUT2D eigenvalue weighted by atomic mass is 10.1. The lowest BCUT2D eigenvalue weighted by Gasteiger charge is -2.05. The maximum Gasteiger partial charge on any atom is 0.144 e. The van der Waals surface area contributed by atoms with Crippen molar-refractivity contribution in [2.24, 2.45) is 0 Å². The zero-order chi connectivity index (χ0) is 15.5. The van der Waals surface area contributed by atoms with Crippen molar-refractivity contribution < 1.29 is 9.47 Å². The zero-order valence-corrected chi connectivity index (χ0v) is 13.1. The number of methoxy groups -OCH3 is 2. The lowest BCUT2D eigenvalue weighted by molar-refractivity contribution is 0.394. The number of hydrogen-bond donors (Lipinski definition) is 1. The van der Waals surface area contributed by atoms with Crippen LogP contribution in [0.25, 0.3) is 22.4 Å². The summed E-state index contributed by atoms with van der Waals surface area (Å²) in [7, 11) is 3.27. The minimum absolute atomic E-state index is 0.512. The average molecular weight is 313 g/mol. The van der Waals surface area contributed by atoms with Crippen LogP contribution in [0.2, 0.25) is 0 Å². The number of nitrogens with zero attached hydrogens (tertiary/aromatic N) is 2. The van der Waals surface area contributed by atoms with E-state index in [-0.39, 0.29) is 0 Å². The molecule has 0 aliphatic heterocycles. The average Bonchev–Trinajstić information content (AvgIpc) is 2.97. The van der Waals surface area contributed by atoms with Crippen LogP contribution in [0, 0.1) is 0 Å². The van der Waals surface area contributed by atoms with E-state index in [4.69, 9.17) is 15.2 Å². The van der Waals surface area contributed by atoms with Gasteiger partial charge in [0, 0.05) is 17.0 Å². The molecule has 2 aromatic heterocycles. The summed E-state index contributed by atoms with van der Waals surface area (Å²) >= 11 is 1.54. The Morgan fingerprint density at radius 2 is 1.77 bits per heavy atom. The van der Waals surface area contributed by atoms with Crippen molar-refractivity contribution in [2.75, 3.05) is 20.0 Å². The molecule has 0 saturated heterocycles. The molecule has 0 aliphatic rings. The summed E-state index contributed by atoms with van der Waals surface area (Å²) in [5, 5.41) is 2.02. The van der Waals surface area contributed by atoms with Crippen molar-refractivity contribution >= 4 is 39.5 Å². The van der Waals surface area contributed by atoms with Crippen LogP contribution < -0.4 is 15.2 Å². The SMILES string of the molecule is COc1cc(C=Cc2csc3c(N)ncnc23)cc(OC)c1. The molecule has 0 bridgehead atoms. The van der Waals surface area contributed by atoms with Crippen LogP contribution in [-0.2, 0) is 0 Å². The quantitative estimate of drug-likeness (QED) is 0.798. The first-order valence-corrected chi connectivity index (χ1v) is 7.48. The Labute approximate surface area is 132 Å². The second-order valence-electron chi connectivity index (χ2n) is 4.61. The van der Waals surface area contributed by atoms with Crippen molar-refractivity contribution in [2.45, 2.75) is 0 Å². The highest BCUT2D eigenvalue weighted by Crippen LogP contribution is 2.29. The number of anilines is 1. The predicted molar refractivity (Wildman–Crippen MR) is 90.3 cm³/mol. The highest BCUT2D eigenvalue weighted by molar-refractivity contribution is 7.18. The number of hydrogen-bond acceptors (Lipinski definition) is 6. The van der Waals surface area contributed by atoms with Crippen molar-refractivity contribution in [1.29, 1.82) is 0 Å². The molecule has 3 rings (SSSR count). The summed E-state index contributed by atoms with van der Waals surface area (Å²) < 4.78 is 11.5. The van der Waals surface area contributed by atoms with Gasteiger partial charge in [-0.2, -0.15) is 0 Å². The monoisotopic (exact) mass is 313 g/mol. The first kappa shape index (κ1) is 14.3. The van der Waals surface area contributed by atoms with E-state index in [0.29, 0.717) is 5.82 Å². The number of nitrogen functional groups attached to an aromatic ring is 1. The maximum absolute atomic E-state index is 5.85. The number of rotatable bonds is 4. The molecule has 6 heteroatoms. The van der Waals surface area contributed by atoms with E-state index in [2.05, 4.69) is 9.97 Å². The number of fused-ring (bicyclic) bond motifs is 1. The van der Waals surface area contributed by atoms with Gasteiger partial charge in [0.2, 0.25) is 0 Å². The number of aromatic nitrogens is 2. The topological polar surface area (TPSA) is 70.3 Å². The van der Waals surface area contributed by atoms with E-state index in [9.17, 15) is 0 Å². The second kappa shape index (κ2) is 6.03. The Hall–Kier alpha value is -2.60. The van der Waals surface area contributed by atoms with E-state index >= 15 is 0 Å². The molecule has 0 fully saturated rings. The highest BCUT2D eigenvalue weighted by Gasteiger charge is 2.06. The van der Waals surface area contributed by atoms with E-state index in [0.717, 1.165) is 32.8 Å². The van der Waals surface area contributed by atoms with E-state index < -0.39 is 0 Å². The zero-order valence-electron chi connectivity index (χ0n) is 12.2.